The van der Waals surface area contributed by atoms with Crippen LogP contribution >= 0.6 is 0 Å². The zero-order valence-corrected chi connectivity index (χ0v) is 13.5. The minimum absolute atomic E-state index is 0.0282. The van der Waals surface area contributed by atoms with E-state index < -0.39 is 0 Å². The van der Waals surface area contributed by atoms with Gasteiger partial charge in [-0.3, -0.25) is 4.79 Å². The third-order valence-electron chi connectivity index (χ3n) is 4.07. The molecule has 1 aromatic carbocycles. The van der Waals surface area contributed by atoms with E-state index in [1.165, 1.54) is 0 Å². The Hall–Kier alpha value is -2.76. The fourth-order valence-corrected chi connectivity index (χ4v) is 2.75. The minimum Gasteiger partial charge on any atom is -0.445 e. The lowest BCUT2D eigenvalue weighted by Gasteiger charge is -2.21. The van der Waals surface area contributed by atoms with Crippen molar-refractivity contribution < 1.29 is 14.3 Å². The molecule has 126 valence electrons. The number of ether oxygens (including phenoxy) is 1. The molecular weight excluding hydrogens is 306 g/mol. The Morgan fingerprint density at radius 2 is 1.71 bits per heavy atom. The molecule has 1 aromatic heterocycles. The maximum Gasteiger partial charge on any atom is 0.410 e. The molecule has 6 heteroatoms. The Bertz CT molecular complexity index is 670. The van der Waals surface area contributed by atoms with Gasteiger partial charge in [-0.25, -0.2) is 4.79 Å². The third kappa shape index (κ3) is 3.95. The summed E-state index contributed by atoms with van der Waals surface area (Å²) < 4.78 is 5.37. The summed E-state index contributed by atoms with van der Waals surface area (Å²) in [7, 11) is 0. The van der Waals surface area contributed by atoms with Gasteiger partial charge in [0.25, 0.3) is 5.91 Å². The molecule has 0 bridgehead atoms. The maximum absolute atomic E-state index is 12.4. The summed E-state index contributed by atoms with van der Waals surface area (Å²) in [6.07, 6.45) is 2.15. The van der Waals surface area contributed by atoms with E-state index in [0.717, 1.165) is 12.0 Å². The molecule has 1 aliphatic heterocycles. The van der Waals surface area contributed by atoms with Crippen molar-refractivity contribution in [2.24, 2.45) is 0 Å². The van der Waals surface area contributed by atoms with Crippen molar-refractivity contribution in [3.8, 4) is 0 Å². The van der Waals surface area contributed by atoms with Gasteiger partial charge in [0.05, 0.1) is 0 Å². The molecule has 3 rings (SSSR count). The fourth-order valence-electron chi connectivity index (χ4n) is 2.75. The molecule has 2 amide bonds. The number of nitrogens with zero attached hydrogens (tertiary/aromatic N) is 2. The van der Waals surface area contributed by atoms with Gasteiger partial charge in [0.15, 0.2) is 0 Å². The average molecular weight is 327 g/mol. The lowest BCUT2D eigenvalue weighted by Crippen LogP contribution is -2.37. The monoisotopic (exact) mass is 327 g/mol. The molecule has 6 nitrogen and oxygen atoms in total. The van der Waals surface area contributed by atoms with Gasteiger partial charge < -0.3 is 19.5 Å². The summed E-state index contributed by atoms with van der Waals surface area (Å²) >= 11 is 0. The Kier molecular flexibility index (Phi) is 5.15. The first-order chi connectivity index (χ1) is 11.7. The number of benzene rings is 1. The molecule has 24 heavy (non-hydrogen) atoms. The number of carbonyl (C=O) groups is 2. The van der Waals surface area contributed by atoms with Crippen LogP contribution in [0.3, 0.4) is 0 Å². The van der Waals surface area contributed by atoms with Crippen LogP contribution in [0.25, 0.3) is 0 Å². The van der Waals surface area contributed by atoms with Crippen molar-refractivity contribution in [2.45, 2.75) is 13.0 Å². The van der Waals surface area contributed by atoms with Crippen molar-refractivity contribution in [3.05, 3.63) is 59.9 Å². The largest absolute Gasteiger partial charge is 0.445 e. The molecule has 2 heterocycles. The van der Waals surface area contributed by atoms with Crippen LogP contribution in [-0.2, 0) is 11.3 Å². The van der Waals surface area contributed by atoms with E-state index in [-0.39, 0.29) is 18.6 Å². The molecule has 1 aliphatic rings. The summed E-state index contributed by atoms with van der Waals surface area (Å²) in [4.78, 5) is 31.0. The molecule has 0 atom stereocenters. The molecular formula is C18H21N3O3. The number of hydrogen-bond donors (Lipinski definition) is 1. The number of H-pyrrole nitrogens is 1. The Morgan fingerprint density at radius 1 is 0.958 bits per heavy atom. The average Bonchev–Trinajstić information content (AvgIpc) is 3.04. The molecule has 1 saturated heterocycles. The van der Waals surface area contributed by atoms with E-state index in [0.29, 0.717) is 31.9 Å². The van der Waals surface area contributed by atoms with Crippen LogP contribution in [0.4, 0.5) is 4.79 Å². The van der Waals surface area contributed by atoms with Crippen LogP contribution < -0.4 is 0 Å². The van der Waals surface area contributed by atoms with Crippen molar-refractivity contribution in [1.82, 2.24) is 14.8 Å². The molecule has 1 fully saturated rings. The van der Waals surface area contributed by atoms with Gasteiger partial charge in [-0.1, -0.05) is 30.3 Å². The highest BCUT2D eigenvalue weighted by molar-refractivity contribution is 5.92. The van der Waals surface area contributed by atoms with E-state index in [9.17, 15) is 9.59 Å². The highest BCUT2D eigenvalue weighted by atomic mass is 16.6. The van der Waals surface area contributed by atoms with Crippen LogP contribution in [0.2, 0.25) is 0 Å². The van der Waals surface area contributed by atoms with Crippen molar-refractivity contribution in [2.75, 3.05) is 26.2 Å². The second kappa shape index (κ2) is 7.68. The van der Waals surface area contributed by atoms with Gasteiger partial charge in [-0.2, -0.15) is 0 Å². The zero-order chi connectivity index (χ0) is 16.8. The molecule has 2 aromatic rings. The van der Waals surface area contributed by atoms with Crippen molar-refractivity contribution in [3.63, 3.8) is 0 Å². The van der Waals surface area contributed by atoms with Crippen LogP contribution in [0.5, 0.6) is 0 Å². The Balaban J connectivity index is 1.51. The fraction of sp³-hybridized carbons (Fsp3) is 0.333. The van der Waals surface area contributed by atoms with E-state index in [2.05, 4.69) is 4.98 Å². The van der Waals surface area contributed by atoms with Gasteiger partial charge in [0.1, 0.15) is 12.3 Å². The second-order valence-electron chi connectivity index (χ2n) is 5.76. The number of aromatic amines is 1. The maximum atomic E-state index is 12.4. The van der Waals surface area contributed by atoms with Crippen LogP contribution in [0.15, 0.2) is 48.7 Å². The van der Waals surface area contributed by atoms with Gasteiger partial charge in [0, 0.05) is 32.4 Å². The number of nitrogens with one attached hydrogen (secondary N) is 1. The highest BCUT2D eigenvalue weighted by Gasteiger charge is 2.23. The van der Waals surface area contributed by atoms with Crippen LogP contribution in [0.1, 0.15) is 22.5 Å². The predicted octanol–water partition coefficient (Wildman–Crippen LogP) is 2.50. The van der Waals surface area contributed by atoms with E-state index >= 15 is 0 Å². The topological polar surface area (TPSA) is 65.6 Å². The Labute approximate surface area is 141 Å². The summed E-state index contributed by atoms with van der Waals surface area (Å²) in [6.45, 7) is 2.50. The predicted molar refractivity (Wildman–Crippen MR) is 89.5 cm³/mol. The SMILES string of the molecule is O=C(OCc1ccccc1)N1CCCN(C(=O)c2ccc[nH]2)CC1. The summed E-state index contributed by atoms with van der Waals surface area (Å²) in [5.74, 6) is -0.0282. The number of hydrogen-bond acceptors (Lipinski definition) is 3. The number of rotatable bonds is 3. The molecule has 1 N–H and O–H groups in total. The first-order valence-corrected chi connectivity index (χ1v) is 8.12. The highest BCUT2D eigenvalue weighted by Crippen LogP contribution is 2.10. The minimum atomic E-state index is -0.326. The smallest absolute Gasteiger partial charge is 0.410 e. The second-order valence-corrected chi connectivity index (χ2v) is 5.76. The molecule has 0 spiro atoms. The lowest BCUT2D eigenvalue weighted by molar-refractivity contribution is 0.0744. The molecule has 0 saturated carbocycles. The van der Waals surface area contributed by atoms with Gasteiger partial charge in [-0.05, 0) is 24.1 Å². The molecule has 0 radical (unpaired) electrons. The summed E-state index contributed by atoms with van der Waals surface area (Å²) in [5, 5.41) is 0. The van der Waals surface area contributed by atoms with Gasteiger partial charge in [-0.15, -0.1) is 0 Å². The third-order valence-corrected chi connectivity index (χ3v) is 4.07. The van der Waals surface area contributed by atoms with Gasteiger partial charge >= 0.3 is 6.09 Å². The lowest BCUT2D eigenvalue weighted by atomic mass is 10.2. The summed E-state index contributed by atoms with van der Waals surface area (Å²) in [6, 6.07) is 13.2. The first kappa shape index (κ1) is 16.1. The van der Waals surface area contributed by atoms with Crippen molar-refractivity contribution in [1.29, 1.82) is 0 Å². The number of carbonyl (C=O) groups excluding carboxylic acids is 2. The number of aromatic nitrogens is 1. The molecule has 0 aliphatic carbocycles. The quantitative estimate of drug-likeness (QED) is 0.942. The Morgan fingerprint density at radius 3 is 2.46 bits per heavy atom. The van der Waals surface area contributed by atoms with E-state index in [1.54, 1.807) is 28.1 Å². The van der Waals surface area contributed by atoms with E-state index in [4.69, 9.17) is 4.74 Å². The van der Waals surface area contributed by atoms with Crippen molar-refractivity contribution >= 4 is 12.0 Å². The standard InChI is InChI=1S/C18H21N3O3/c22-17(16-8-4-9-19-16)20-10-5-11-21(13-12-20)18(23)24-14-15-6-2-1-3-7-15/h1-4,6-9,19H,5,10-14H2. The summed E-state index contributed by atoms with van der Waals surface area (Å²) in [5.41, 5.74) is 1.54. The first-order valence-electron chi connectivity index (χ1n) is 8.12. The number of amides is 2. The zero-order valence-electron chi connectivity index (χ0n) is 13.5. The van der Waals surface area contributed by atoms with E-state index in [1.807, 2.05) is 30.3 Å². The van der Waals surface area contributed by atoms with Crippen LogP contribution in [-0.4, -0.2) is 53.0 Å². The van der Waals surface area contributed by atoms with Crippen LogP contribution in [0, 0.1) is 0 Å². The normalized spacial score (nSPS) is 15.0. The molecule has 0 unspecified atom stereocenters. The van der Waals surface area contributed by atoms with Gasteiger partial charge in [0.2, 0.25) is 0 Å².